The fraction of sp³-hybridized carbons (Fsp3) is 0.562. The molecule has 0 spiro atoms. The van der Waals surface area contributed by atoms with Gasteiger partial charge in [-0.15, -0.1) is 0 Å². The van der Waals surface area contributed by atoms with Gasteiger partial charge in [-0.2, -0.15) is 0 Å². The quantitative estimate of drug-likeness (QED) is 0.419. The second-order valence-corrected chi connectivity index (χ2v) is 12.7. The summed E-state index contributed by atoms with van der Waals surface area (Å²) >= 11 is 0. The van der Waals surface area contributed by atoms with Crippen LogP contribution in [-0.4, -0.2) is 83.8 Å². The maximum atomic E-state index is 12.8. The van der Waals surface area contributed by atoms with Crippen molar-refractivity contribution in [3.8, 4) is 17.2 Å². The van der Waals surface area contributed by atoms with Crippen molar-refractivity contribution in [2.75, 3.05) is 45.9 Å². The van der Waals surface area contributed by atoms with Crippen molar-refractivity contribution in [2.45, 2.75) is 45.8 Å². The molecule has 214 valence electrons. The zero-order valence-electron chi connectivity index (χ0n) is 23.9. The van der Waals surface area contributed by atoms with Crippen molar-refractivity contribution in [2.24, 2.45) is 23.2 Å². The Morgan fingerprint density at radius 3 is 2.60 bits per heavy atom. The van der Waals surface area contributed by atoms with Crippen LogP contribution in [0.2, 0.25) is 0 Å². The molecule has 4 fully saturated rings. The van der Waals surface area contributed by atoms with Gasteiger partial charge in [-0.1, -0.05) is 39.0 Å². The van der Waals surface area contributed by atoms with Crippen LogP contribution < -0.4 is 10.1 Å². The van der Waals surface area contributed by atoms with E-state index in [1.54, 1.807) is 0 Å². The molecule has 7 rings (SSSR count). The zero-order valence-corrected chi connectivity index (χ0v) is 23.9. The molecule has 3 aliphatic carbocycles. The number of piperazine rings is 1. The molecule has 1 saturated heterocycles. The topological polar surface area (TPSA) is 91.1 Å². The summed E-state index contributed by atoms with van der Waals surface area (Å²) in [6, 6.07) is 15.7. The Bertz CT molecular complexity index is 1320. The molecule has 5 unspecified atom stereocenters. The third kappa shape index (κ3) is 5.62. The van der Waals surface area contributed by atoms with E-state index < -0.39 is 6.10 Å². The smallest absolute Gasteiger partial charge is 0.234 e. The minimum atomic E-state index is -0.605. The molecule has 2 aromatic carbocycles. The summed E-state index contributed by atoms with van der Waals surface area (Å²) in [5, 5.41) is 14.0. The molecule has 3 aromatic rings. The van der Waals surface area contributed by atoms with E-state index in [9.17, 15) is 9.90 Å². The second kappa shape index (κ2) is 11.1. The monoisotopic (exact) mass is 546 g/mol. The van der Waals surface area contributed by atoms with Gasteiger partial charge >= 0.3 is 0 Å². The molecule has 0 radical (unpaired) electrons. The van der Waals surface area contributed by atoms with Gasteiger partial charge in [-0.3, -0.25) is 14.6 Å². The zero-order chi connectivity index (χ0) is 27.9. The van der Waals surface area contributed by atoms with Crippen molar-refractivity contribution < 1.29 is 19.1 Å². The Morgan fingerprint density at radius 2 is 1.88 bits per heavy atom. The van der Waals surface area contributed by atoms with Gasteiger partial charge in [-0.25, -0.2) is 4.98 Å². The van der Waals surface area contributed by atoms with E-state index in [1.165, 1.54) is 6.42 Å². The number of hydrogen-bond acceptors (Lipinski definition) is 7. The largest absolute Gasteiger partial charge is 0.491 e. The molecule has 2 N–H and O–H groups in total. The van der Waals surface area contributed by atoms with Crippen molar-refractivity contribution in [1.29, 1.82) is 0 Å². The lowest BCUT2D eigenvalue weighted by Gasteiger charge is -2.62. The van der Waals surface area contributed by atoms with E-state index >= 15 is 0 Å². The Balaban J connectivity index is 0.916. The number of aromatic nitrogens is 1. The summed E-state index contributed by atoms with van der Waals surface area (Å²) in [5.74, 6) is 3.41. The predicted octanol–water partition coefficient (Wildman–Crippen LogP) is 4.04. The molecule has 5 atom stereocenters. The van der Waals surface area contributed by atoms with Gasteiger partial charge in [0.1, 0.15) is 24.0 Å². The summed E-state index contributed by atoms with van der Waals surface area (Å²) in [4.78, 5) is 21.9. The van der Waals surface area contributed by atoms with Gasteiger partial charge in [-0.05, 0) is 60.3 Å². The Morgan fingerprint density at radius 1 is 1.12 bits per heavy atom. The maximum absolute atomic E-state index is 12.8. The molecule has 4 aliphatic rings. The minimum absolute atomic E-state index is 0.151. The lowest BCUT2D eigenvalue weighted by molar-refractivity contribution is -0.135. The van der Waals surface area contributed by atoms with Gasteiger partial charge in [0.15, 0.2) is 5.58 Å². The predicted molar refractivity (Wildman–Crippen MR) is 155 cm³/mol. The molecule has 2 heterocycles. The number of β-amino-alcohol motifs (C(OH)–C–C–N with tert-alkyl or cyclic N) is 1. The number of aliphatic hydroxyl groups is 1. The third-order valence-corrected chi connectivity index (χ3v) is 9.82. The van der Waals surface area contributed by atoms with Crippen LogP contribution in [0.1, 0.15) is 33.6 Å². The Labute approximate surface area is 236 Å². The first kappa shape index (κ1) is 27.2. The molecule has 1 aliphatic heterocycles. The summed E-state index contributed by atoms with van der Waals surface area (Å²) in [6.45, 7) is 11.6. The average molecular weight is 547 g/mol. The van der Waals surface area contributed by atoms with Gasteiger partial charge in [0, 0.05) is 50.4 Å². The van der Waals surface area contributed by atoms with Crippen LogP contribution in [0.25, 0.3) is 22.6 Å². The number of oxazole rings is 1. The van der Waals surface area contributed by atoms with Gasteiger partial charge in [0.2, 0.25) is 11.8 Å². The van der Waals surface area contributed by atoms with Crippen molar-refractivity contribution >= 4 is 17.0 Å². The minimum Gasteiger partial charge on any atom is -0.491 e. The van der Waals surface area contributed by atoms with Crippen LogP contribution in [0.5, 0.6) is 5.75 Å². The highest BCUT2D eigenvalue weighted by Crippen LogP contribution is 2.61. The summed E-state index contributed by atoms with van der Waals surface area (Å²) < 4.78 is 11.8. The molecule has 3 saturated carbocycles. The van der Waals surface area contributed by atoms with Crippen LogP contribution in [0.15, 0.2) is 52.9 Å². The highest BCUT2D eigenvalue weighted by Gasteiger charge is 2.56. The van der Waals surface area contributed by atoms with Crippen molar-refractivity contribution in [3.05, 3.63) is 48.5 Å². The molecular weight excluding hydrogens is 504 g/mol. The van der Waals surface area contributed by atoms with E-state index in [0.717, 1.165) is 55.5 Å². The van der Waals surface area contributed by atoms with E-state index in [1.807, 2.05) is 48.5 Å². The first-order valence-corrected chi connectivity index (χ1v) is 14.8. The third-order valence-electron chi connectivity index (χ3n) is 9.82. The highest BCUT2D eigenvalue weighted by atomic mass is 16.5. The fourth-order valence-electron chi connectivity index (χ4n) is 7.17. The summed E-state index contributed by atoms with van der Waals surface area (Å²) in [6.07, 6.45) is 1.84. The van der Waals surface area contributed by atoms with E-state index in [-0.39, 0.29) is 12.5 Å². The number of rotatable bonds is 9. The van der Waals surface area contributed by atoms with Gasteiger partial charge in [0.05, 0.1) is 6.54 Å². The molecule has 8 heteroatoms. The SMILES string of the molecule is CC1C(NC(=O)CN2CCN(CC(O)COc3ccc4oc(-c5ccccc5)nc4c3)CC2)CC2CC1C2(C)C. The summed E-state index contributed by atoms with van der Waals surface area (Å²) in [5.41, 5.74) is 2.79. The van der Waals surface area contributed by atoms with E-state index in [2.05, 4.69) is 40.9 Å². The van der Waals surface area contributed by atoms with Crippen molar-refractivity contribution in [1.82, 2.24) is 20.1 Å². The number of ether oxygens (including phenoxy) is 1. The average Bonchev–Trinajstić information content (AvgIpc) is 3.38. The number of aliphatic hydroxyl groups excluding tert-OH is 1. The Kier molecular flexibility index (Phi) is 7.59. The number of amides is 1. The highest BCUT2D eigenvalue weighted by molar-refractivity contribution is 5.78. The van der Waals surface area contributed by atoms with Crippen LogP contribution in [0, 0.1) is 23.2 Å². The molecule has 40 heavy (non-hydrogen) atoms. The molecule has 8 nitrogen and oxygen atoms in total. The lowest BCUT2D eigenvalue weighted by Crippen LogP contribution is -2.61. The first-order chi connectivity index (χ1) is 19.3. The van der Waals surface area contributed by atoms with Crippen molar-refractivity contribution in [3.63, 3.8) is 0 Å². The number of carbonyl (C=O) groups excluding carboxylic acids is 1. The second-order valence-electron chi connectivity index (χ2n) is 12.7. The van der Waals surface area contributed by atoms with Crippen LogP contribution in [-0.2, 0) is 4.79 Å². The molecular formula is C32H42N4O4. The van der Waals surface area contributed by atoms with E-state index in [4.69, 9.17) is 9.15 Å². The lowest BCUT2D eigenvalue weighted by atomic mass is 9.45. The number of nitrogens with one attached hydrogen (secondary N) is 1. The molecule has 1 aromatic heterocycles. The van der Waals surface area contributed by atoms with Crippen LogP contribution in [0.3, 0.4) is 0 Å². The molecule has 1 amide bonds. The maximum Gasteiger partial charge on any atom is 0.234 e. The molecule has 2 bridgehead atoms. The van der Waals surface area contributed by atoms with Crippen LogP contribution in [0.4, 0.5) is 0 Å². The van der Waals surface area contributed by atoms with Gasteiger partial charge < -0.3 is 19.6 Å². The Hall–Kier alpha value is -2.94. The standard InChI is InChI=1S/C32H42N4O4/c1-21-26-15-23(32(26,2)3)16-27(21)33-30(38)19-36-13-11-35(12-14-36)18-24(37)20-39-25-9-10-29-28(17-25)34-31(40-29)22-7-5-4-6-8-22/h4-10,17,21,23-24,26-27,37H,11-16,18-20H2,1-3H3,(H,33,38). The summed E-state index contributed by atoms with van der Waals surface area (Å²) in [7, 11) is 0. The number of benzene rings is 2. The van der Waals surface area contributed by atoms with Gasteiger partial charge in [0.25, 0.3) is 0 Å². The van der Waals surface area contributed by atoms with Crippen LogP contribution >= 0.6 is 0 Å². The first-order valence-electron chi connectivity index (χ1n) is 14.8. The normalized spacial score (nSPS) is 27.2. The van der Waals surface area contributed by atoms with E-state index in [0.29, 0.717) is 47.7 Å². The fourth-order valence-corrected chi connectivity index (χ4v) is 7.17. The number of hydrogen-bond donors (Lipinski definition) is 2. The number of fused-ring (bicyclic) bond motifs is 3. The number of carbonyl (C=O) groups is 1. The number of nitrogens with zero attached hydrogens (tertiary/aromatic N) is 3.